The highest BCUT2D eigenvalue weighted by Gasteiger charge is 2.25. The quantitative estimate of drug-likeness (QED) is 0.484. The zero-order valence-electron chi connectivity index (χ0n) is 16.3. The van der Waals surface area contributed by atoms with Gasteiger partial charge in [0.15, 0.2) is 0 Å². The summed E-state index contributed by atoms with van der Waals surface area (Å²) in [6, 6.07) is 7.99. The van der Waals surface area contributed by atoms with Gasteiger partial charge >= 0.3 is 0 Å². The smallest absolute Gasteiger partial charge is 0.289 e. The first-order valence-corrected chi connectivity index (χ1v) is 11.0. The molecule has 1 aliphatic carbocycles. The maximum Gasteiger partial charge on any atom is 0.289 e. The van der Waals surface area contributed by atoms with E-state index in [2.05, 4.69) is 10.0 Å². The van der Waals surface area contributed by atoms with Gasteiger partial charge in [0.25, 0.3) is 17.3 Å². The van der Waals surface area contributed by atoms with Crippen molar-refractivity contribution in [2.45, 2.75) is 43.0 Å². The number of amides is 1. The largest absolute Gasteiger partial charge is 0.322 e. The summed E-state index contributed by atoms with van der Waals surface area (Å²) in [5.41, 5.74) is -1.36. The van der Waals surface area contributed by atoms with Crippen molar-refractivity contribution in [2.24, 2.45) is 0 Å². The number of carbonyl (C=O) groups excluding carboxylic acids is 1. The molecule has 0 unspecified atom stereocenters. The summed E-state index contributed by atoms with van der Waals surface area (Å²) in [6.45, 7) is 0. The van der Waals surface area contributed by atoms with E-state index in [-0.39, 0.29) is 22.2 Å². The van der Waals surface area contributed by atoms with Crippen LogP contribution in [0.2, 0.25) is 0 Å². The van der Waals surface area contributed by atoms with Crippen LogP contribution in [0.4, 0.5) is 17.1 Å². The monoisotopic (exact) mass is 448 g/mol. The van der Waals surface area contributed by atoms with Crippen LogP contribution in [0.5, 0.6) is 0 Å². The van der Waals surface area contributed by atoms with E-state index in [0.29, 0.717) is 6.07 Å². The van der Waals surface area contributed by atoms with E-state index >= 15 is 0 Å². The fourth-order valence-corrected chi connectivity index (χ4v) is 4.71. The van der Waals surface area contributed by atoms with Gasteiger partial charge in [-0.2, -0.15) is 0 Å². The van der Waals surface area contributed by atoms with Gasteiger partial charge in [0.1, 0.15) is 5.56 Å². The summed E-state index contributed by atoms with van der Waals surface area (Å²) < 4.78 is 27.8. The van der Waals surface area contributed by atoms with Crippen molar-refractivity contribution in [1.82, 2.24) is 4.72 Å². The molecular formula is C19H20N4O7S. The number of anilines is 1. The Hall–Kier alpha value is -3.38. The molecule has 0 spiro atoms. The highest BCUT2D eigenvalue weighted by atomic mass is 32.2. The lowest BCUT2D eigenvalue weighted by Crippen LogP contribution is -2.36. The van der Waals surface area contributed by atoms with Gasteiger partial charge in [-0.1, -0.05) is 19.3 Å². The Labute approximate surface area is 177 Å². The Bertz CT molecular complexity index is 1110. The van der Waals surface area contributed by atoms with E-state index in [1.165, 1.54) is 24.3 Å². The normalized spacial score (nSPS) is 14.7. The van der Waals surface area contributed by atoms with Gasteiger partial charge in [-0.25, -0.2) is 13.1 Å². The molecule has 31 heavy (non-hydrogen) atoms. The van der Waals surface area contributed by atoms with Crippen LogP contribution in [-0.4, -0.2) is 30.2 Å². The van der Waals surface area contributed by atoms with Crippen LogP contribution >= 0.6 is 0 Å². The number of hydrogen-bond donors (Lipinski definition) is 2. The van der Waals surface area contributed by atoms with Gasteiger partial charge in [0, 0.05) is 17.8 Å². The standard InChI is InChI=1S/C19H20N4O7S/c24-19(17-11-8-15(22(25)26)12-18(17)23(27)28)20-13-6-9-16(10-7-13)31(29,30)21-14-4-2-1-3-5-14/h6-12,14,21H,1-5H2,(H,20,24). The molecule has 0 aliphatic heterocycles. The summed E-state index contributed by atoms with van der Waals surface area (Å²) >= 11 is 0. The minimum atomic E-state index is -3.70. The molecule has 12 heteroatoms. The molecule has 0 radical (unpaired) electrons. The van der Waals surface area contributed by atoms with Crippen molar-refractivity contribution >= 4 is 33.0 Å². The van der Waals surface area contributed by atoms with Crippen LogP contribution in [-0.2, 0) is 10.0 Å². The number of nitro benzene ring substituents is 2. The number of non-ortho nitro benzene ring substituents is 1. The highest BCUT2D eigenvalue weighted by molar-refractivity contribution is 7.89. The second-order valence-electron chi connectivity index (χ2n) is 7.15. The molecule has 0 saturated heterocycles. The summed E-state index contributed by atoms with van der Waals surface area (Å²) in [4.78, 5) is 32.8. The number of nitrogens with one attached hydrogen (secondary N) is 2. The molecule has 1 saturated carbocycles. The number of rotatable bonds is 7. The highest BCUT2D eigenvalue weighted by Crippen LogP contribution is 2.26. The Morgan fingerprint density at radius 1 is 0.935 bits per heavy atom. The van der Waals surface area contributed by atoms with Crippen molar-refractivity contribution in [2.75, 3.05) is 5.32 Å². The minimum absolute atomic E-state index is 0.0392. The average molecular weight is 448 g/mol. The lowest BCUT2D eigenvalue weighted by molar-refractivity contribution is -0.394. The first-order chi connectivity index (χ1) is 14.7. The zero-order chi connectivity index (χ0) is 22.6. The molecule has 1 aliphatic rings. The van der Waals surface area contributed by atoms with Crippen molar-refractivity contribution in [1.29, 1.82) is 0 Å². The van der Waals surface area contributed by atoms with E-state index < -0.39 is 37.2 Å². The topological polar surface area (TPSA) is 162 Å². The van der Waals surface area contributed by atoms with Gasteiger partial charge in [-0.05, 0) is 43.2 Å². The molecule has 0 heterocycles. The molecule has 3 rings (SSSR count). The predicted octanol–water partition coefficient (Wildman–Crippen LogP) is 3.37. The van der Waals surface area contributed by atoms with Crippen molar-refractivity contribution in [3.05, 3.63) is 68.3 Å². The SMILES string of the molecule is O=C(Nc1ccc(S(=O)(=O)NC2CCCCC2)cc1)c1ccc([N+](=O)[O-])cc1[N+](=O)[O-]. The molecule has 2 aromatic carbocycles. The maximum atomic E-state index is 12.5. The fraction of sp³-hybridized carbons (Fsp3) is 0.316. The molecule has 0 aromatic heterocycles. The molecule has 0 bridgehead atoms. The molecule has 0 atom stereocenters. The Morgan fingerprint density at radius 2 is 1.58 bits per heavy atom. The van der Waals surface area contributed by atoms with Crippen molar-refractivity contribution in [3.8, 4) is 0 Å². The molecular weight excluding hydrogens is 428 g/mol. The number of carbonyl (C=O) groups is 1. The van der Waals surface area contributed by atoms with Crippen LogP contribution in [0.1, 0.15) is 42.5 Å². The van der Waals surface area contributed by atoms with Crippen LogP contribution < -0.4 is 10.0 Å². The molecule has 1 fully saturated rings. The van der Waals surface area contributed by atoms with E-state index in [4.69, 9.17) is 0 Å². The van der Waals surface area contributed by atoms with Gasteiger partial charge in [-0.3, -0.25) is 25.0 Å². The number of sulfonamides is 1. The second kappa shape index (κ2) is 9.18. The first kappa shape index (κ1) is 22.3. The molecule has 11 nitrogen and oxygen atoms in total. The second-order valence-corrected chi connectivity index (χ2v) is 8.86. The average Bonchev–Trinajstić information content (AvgIpc) is 2.74. The third kappa shape index (κ3) is 5.41. The fourth-order valence-electron chi connectivity index (χ4n) is 3.40. The molecule has 1 amide bonds. The number of nitrogens with zero attached hydrogens (tertiary/aromatic N) is 2. The third-order valence-corrected chi connectivity index (χ3v) is 6.52. The van der Waals surface area contributed by atoms with Crippen LogP contribution in [0.3, 0.4) is 0 Å². The van der Waals surface area contributed by atoms with Crippen LogP contribution in [0, 0.1) is 20.2 Å². The van der Waals surface area contributed by atoms with Crippen LogP contribution in [0.25, 0.3) is 0 Å². The summed E-state index contributed by atoms with van der Waals surface area (Å²) in [5, 5.41) is 24.4. The lowest BCUT2D eigenvalue weighted by atomic mass is 9.96. The maximum absolute atomic E-state index is 12.5. The van der Waals surface area contributed by atoms with Gasteiger partial charge in [0.05, 0.1) is 20.8 Å². The number of nitro groups is 2. The zero-order valence-corrected chi connectivity index (χ0v) is 17.1. The van der Waals surface area contributed by atoms with Gasteiger partial charge in [-0.15, -0.1) is 0 Å². The third-order valence-electron chi connectivity index (χ3n) is 4.98. The van der Waals surface area contributed by atoms with Crippen molar-refractivity contribution in [3.63, 3.8) is 0 Å². The molecule has 164 valence electrons. The Kier molecular flexibility index (Phi) is 6.61. The summed E-state index contributed by atoms with van der Waals surface area (Å²) in [5.74, 6) is -0.850. The van der Waals surface area contributed by atoms with Gasteiger partial charge in [0.2, 0.25) is 10.0 Å². The minimum Gasteiger partial charge on any atom is -0.322 e. The van der Waals surface area contributed by atoms with Crippen molar-refractivity contribution < 1.29 is 23.1 Å². The lowest BCUT2D eigenvalue weighted by Gasteiger charge is -2.22. The molecule has 2 aromatic rings. The van der Waals surface area contributed by atoms with E-state index in [9.17, 15) is 33.4 Å². The Morgan fingerprint density at radius 3 is 2.16 bits per heavy atom. The van der Waals surface area contributed by atoms with Gasteiger partial charge < -0.3 is 5.32 Å². The van der Waals surface area contributed by atoms with E-state index in [1.54, 1.807) is 0 Å². The van der Waals surface area contributed by atoms with E-state index in [1.807, 2.05) is 0 Å². The predicted molar refractivity (Wildman–Crippen MR) is 111 cm³/mol. The Balaban J connectivity index is 1.74. The molecule has 2 N–H and O–H groups in total. The summed E-state index contributed by atoms with van der Waals surface area (Å²) in [7, 11) is -3.70. The van der Waals surface area contributed by atoms with Crippen LogP contribution in [0.15, 0.2) is 47.4 Å². The van der Waals surface area contributed by atoms with E-state index in [0.717, 1.165) is 44.2 Å². The first-order valence-electron chi connectivity index (χ1n) is 9.54. The summed E-state index contributed by atoms with van der Waals surface area (Å²) in [6.07, 6.45) is 4.64. The number of benzene rings is 2. The number of hydrogen-bond acceptors (Lipinski definition) is 7.